The van der Waals surface area contributed by atoms with Crippen LogP contribution in [0, 0.1) is 5.92 Å². The lowest BCUT2D eigenvalue weighted by Crippen LogP contribution is -2.32. The van der Waals surface area contributed by atoms with Crippen LogP contribution >= 0.6 is 0 Å². The number of hydrogen-bond donors (Lipinski definition) is 1. The topological polar surface area (TPSA) is 86.3 Å². The third-order valence-electron chi connectivity index (χ3n) is 11.9. The molecule has 0 fully saturated rings. The molecule has 0 unspecified atom stereocenters. The van der Waals surface area contributed by atoms with Crippen molar-refractivity contribution >= 4 is 11.9 Å². The van der Waals surface area contributed by atoms with Gasteiger partial charge in [-0.15, -0.1) is 0 Å². The molecule has 0 spiro atoms. The number of hydrogen-bond acceptors (Lipinski definition) is 7. The molecule has 352 valence electrons. The van der Waals surface area contributed by atoms with Gasteiger partial charge in [0.05, 0.1) is 0 Å². The zero-order valence-corrected chi connectivity index (χ0v) is 40.2. The third-order valence-corrected chi connectivity index (χ3v) is 11.9. The number of unbranched alkanes of at least 4 members (excludes halogenated alkanes) is 21. The van der Waals surface area contributed by atoms with Gasteiger partial charge in [-0.05, 0) is 89.8 Å². The Bertz CT molecular complexity index is 836. The molecule has 0 aliphatic carbocycles. The molecule has 1 amide bonds. The number of nitrogens with zero attached hydrogens (tertiary/aromatic N) is 1. The van der Waals surface area contributed by atoms with Crippen molar-refractivity contribution in [2.75, 3.05) is 59.9 Å². The van der Waals surface area contributed by atoms with Crippen LogP contribution in [0.5, 0.6) is 0 Å². The Kier molecular flexibility index (Phi) is 46.8. The molecular weight excluding hydrogens is 737 g/mol. The lowest BCUT2D eigenvalue weighted by atomic mass is 9.93. The van der Waals surface area contributed by atoms with Crippen LogP contribution in [0.2, 0.25) is 0 Å². The Balaban J connectivity index is 4.31. The van der Waals surface area contributed by atoms with Gasteiger partial charge in [-0.3, -0.25) is 9.59 Å². The van der Waals surface area contributed by atoms with Gasteiger partial charge >= 0.3 is 5.97 Å². The molecule has 0 aromatic rings. The Morgan fingerprint density at radius 1 is 0.492 bits per heavy atom. The van der Waals surface area contributed by atoms with E-state index in [-0.39, 0.29) is 24.6 Å². The van der Waals surface area contributed by atoms with Crippen molar-refractivity contribution in [3.05, 3.63) is 0 Å². The molecule has 0 atom stereocenters. The van der Waals surface area contributed by atoms with Crippen LogP contribution in [0.1, 0.15) is 246 Å². The quantitative estimate of drug-likeness (QED) is 0.0371. The van der Waals surface area contributed by atoms with Crippen molar-refractivity contribution in [3.8, 4) is 0 Å². The Labute approximate surface area is 367 Å². The number of nitrogens with one attached hydrogen (secondary N) is 1. The number of esters is 1. The van der Waals surface area contributed by atoms with Gasteiger partial charge in [0.1, 0.15) is 19.5 Å². The normalized spacial score (nSPS) is 11.7. The van der Waals surface area contributed by atoms with E-state index in [9.17, 15) is 9.59 Å². The summed E-state index contributed by atoms with van der Waals surface area (Å²) in [6.07, 6.45) is 41.1. The molecule has 8 nitrogen and oxygen atoms in total. The molecule has 0 aliphatic heterocycles. The van der Waals surface area contributed by atoms with Gasteiger partial charge < -0.3 is 29.2 Å². The first kappa shape index (κ1) is 57.8. The van der Waals surface area contributed by atoms with E-state index in [1.165, 1.54) is 173 Å². The summed E-state index contributed by atoms with van der Waals surface area (Å²) in [5.41, 5.74) is 0. The van der Waals surface area contributed by atoms with Crippen molar-refractivity contribution in [1.82, 2.24) is 10.2 Å². The smallest absolute Gasteiger partial charge is 0.306 e. The summed E-state index contributed by atoms with van der Waals surface area (Å²) in [6, 6.07) is 0. The molecule has 0 saturated heterocycles. The van der Waals surface area contributed by atoms with E-state index in [0.717, 1.165) is 77.3 Å². The first-order valence-electron chi connectivity index (χ1n) is 25.8. The summed E-state index contributed by atoms with van der Waals surface area (Å²) < 4.78 is 22.6. The summed E-state index contributed by atoms with van der Waals surface area (Å²) in [5.74, 6) is 0.793. The maximum Gasteiger partial charge on any atom is 0.306 e. The summed E-state index contributed by atoms with van der Waals surface area (Å²) in [4.78, 5) is 27.3. The van der Waals surface area contributed by atoms with Crippen LogP contribution in [0.3, 0.4) is 0 Å². The molecule has 0 rings (SSSR count). The zero-order chi connectivity index (χ0) is 43.1. The second kappa shape index (κ2) is 47.8. The predicted octanol–water partition coefficient (Wildman–Crippen LogP) is 13.9. The molecule has 0 saturated carbocycles. The van der Waals surface area contributed by atoms with Crippen LogP contribution in [0.25, 0.3) is 0 Å². The average Bonchev–Trinajstić information content (AvgIpc) is 3.23. The number of methoxy groups -OCH3 is 1. The van der Waals surface area contributed by atoms with Crippen molar-refractivity contribution in [2.45, 2.75) is 252 Å². The molecule has 0 heterocycles. The predicted molar refractivity (Wildman–Crippen MR) is 251 cm³/mol. The average molecular weight is 839 g/mol. The van der Waals surface area contributed by atoms with E-state index >= 15 is 0 Å². The second-order valence-electron chi connectivity index (χ2n) is 17.7. The molecular formula is C51H102N2O6. The van der Waals surface area contributed by atoms with Gasteiger partial charge in [-0.1, -0.05) is 175 Å². The van der Waals surface area contributed by atoms with Crippen molar-refractivity contribution in [2.24, 2.45) is 5.92 Å². The van der Waals surface area contributed by atoms with E-state index in [1.807, 2.05) is 0 Å². The van der Waals surface area contributed by atoms with E-state index in [4.69, 9.17) is 18.9 Å². The highest BCUT2D eigenvalue weighted by Gasteiger charge is 2.15. The van der Waals surface area contributed by atoms with E-state index in [2.05, 4.69) is 37.9 Å². The maximum atomic E-state index is 12.8. The van der Waals surface area contributed by atoms with E-state index in [1.54, 1.807) is 7.11 Å². The van der Waals surface area contributed by atoms with Crippen molar-refractivity contribution in [1.29, 1.82) is 0 Å². The number of carbonyl (C=O) groups is 2. The summed E-state index contributed by atoms with van der Waals surface area (Å²) in [5, 5.41) is 2.97. The SMILES string of the molecule is CCCCCCCCC(CCCCCCCC)OC(=O)CCCCCCCN(CCCCCCCCOCOCCC(CCCC)CCCC)CCCNC(=O)COC. The van der Waals surface area contributed by atoms with Crippen LogP contribution in [-0.4, -0.2) is 82.8 Å². The third kappa shape index (κ3) is 43.2. The Morgan fingerprint density at radius 3 is 1.53 bits per heavy atom. The number of rotatable bonds is 49. The molecule has 1 N–H and O–H groups in total. The highest BCUT2D eigenvalue weighted by Crippen LogP contribution is 2.21. The summed E-state index contributed by atoms with van der Waals surface area (Å²) in [7, 11) is 1.56. The van der Waals surface area contributed by atoms with Crippen molar-refractivity contribution in [3.63, 3.8) is 0 Å². The minimum Gasteiger partial charge on any atom is -0.462 e. The van der Waals surface area contributed by atoms with Gasteiger partial charge in [0.15, 0.2) is 0 Å². The fourth-order valence-electron chi connectivity index (χ4n) is 8.09. The van der Waals surface area contributed by atoms with Crippen LogP contribution in [-0.2, 0) is 28.5 Å². The number of amides is 1. The molecule has 0 radical (unpaired) electrons. The minimum atomic E-state index is -0.0410. The van der Waals surface area contributed by atoms with E-state index < -0.39 is 0 Å². The van der Waals surface area contributed by atoms with Gasteiger partial charge in [-0.2, -0.15) is 0 Å². The van der Waals surface area contributed by atoms with Crippen LogP contribution in [0.4, 0.5) is 0 Å². The zero-order valence-electron chi connectivity index (χ0n) is 40.2. The fourth-order valence-corrected chi connectivity index (χ4v) is 8.09. The summed E-state index contributed by atoms with van der Waals surface area (Å²) >= 11 is 0. The number of carbonyl (C=O) groups excluding carboxylic acids is 2. The maximum absolute atomic E-state index is 12.8. The van der Waals surface area contributed by atoms with Gasteiger partial charge in [0.2, 0.25) is 5.91 Å². The van der Waals surface area contributed by atoms with Crippen LogP contribution < -0.4 is 5.32 Å². The van der Waals surface area contributed by atoms with Crippen molar-refractivity contribution < 1.29 is 28.5 Å². The molecule has 59 heavy (non-hydrogen) atoms. The minimum absolute atomic E-state index is 0.0215. The molecule has 0 aliphatic rings. The summed E-state index contributed by atoms with van der Waals surface area (Å²) in [6.45, 7) is 15.2. The number of ether oxygens (including phenoxy) is 4. The first-order chi connectivity index (χ1) is 29.0. The van der Waals surface area contributed by atoms with Gasteiger partial charge in [-0.25, -0.2) is 0 Å². The highest BCUT2D eigenvalue weighted by molar-refractivity contribution is 5.77. The van der Waals surface area contributed by atoms with Gasteiger partial charge in [0, 0.05) is 33.3 Å². The lowest BCUT2D eigenvalue weighted by Gasteiger charge is -2.22. The van der Waals surface area contributed by atoms with Crippen LogP contribution in [0.15, 0.2) is 0 Å². The molecule has 8 heteroatoms. The monoisotopic (exact) mass is 839 g/mol. The molecule has 0 aromatic carbocycles. The second-order valence-corrected chi connectivity index (χ2v) is 17.7. The van der Waals surface area contributed by atoms with E-state index in [0.29, 0.717) is 19.8 Å². The highest BCUT2D eigenvalue weighted by atomic mass is 16.7. The molecule has 0 bridgehead atoms. The standard InChI is InChI=1S/C51H102N2O6/c1-6-10-14-16-21-27-36-49(37-28-22-17-15-11-7-2)59-51(55)38-29-23-20-25-31-42-53(43-33-40-52-50(54)46-56-5)41-30-24-18-19-26-32-44-57-47-58-45-39-48(34-12-8-3)35-13-9-4/h48-49H,6-47H2,1-5H3,(H,52,54). The fraction of sp³-hybridized carbons (Fsp3) is 0.961. The Hall–Kier alpha value is -1.22. The Morgan fingerprint density at radius 2 is 0.966 bits per heavy atom. The van der Waals surface area contributed by atoms with Gasteiger partial charge in [0.25, 0.3) is 0 Å². The largest absolute Gasteiger partial charge is 0.462 e. The molecule has 0 aromatic heterocycles. The lowest BCUT2D eigenvalue weighted by molar-refractivity contribution is -0.150. The first-order valence-corrected chi connectivity index (χ1v) is 25.8.